The first-order valence-electron chi connectivity index (χ1n) is 6.47. The average Bonchev–Trinajstić information content (AvgIpc) is 3.03. The number of nitrogens with one attached hydrogen (secondary N) is 1. The van der Waals surface area contributed by atoms with E-state index in [4.69, 9.17) is 15.2 Å². The van der Waals surface area contributed by atoms with Crippen LogP contribution >= 0.6 is 0 Å². The molecule has 0 radical (unpaired) electrons. The van der Waals surface area contributed by atoms with Gasteiger partial charge in [-0.3, -0.25) is 4.79 Å². The Labute approximate surface area is 112 Å². The van der Waals surface area contributed by atoms with Gasteiger partial charge in [0.05, 0.1) is 12.3 Å². The van der Waals surface area contributed by atoms with Crippen molar-refractivity contribution in [2.24, 2.45) is 0 Å². The van der Waals surface area contributed by atoms with Gasteiger partial charge in [-0.15, -0.1) is 0 Å². The third-order valence-corrected chi connectivity index (χ3v) is 3.56. The first kappa shape index (κ1) is 13.9. The summed E-state index contributed by atoms with van der Waals surface area (Å²) in [5.41, 5.74) is 6.49. The van der Waals surface area contributed by atoms with E-state index in [1.807, 2.05) is 11.5 Å². The van der Waals surface area contributed by atoms with Crippen LogP contribution < -0.4 is 11.1 Å². The summed E-state index contributed by atoms with van der Waals surface area (Å²) in [6.07, 6.45) is 2.56. The summed E-state index contributed by atoms with van der Waals surface area (Å²) in [6.45, 7) is 4.30. The van der Waals surface area contributed by atoms with Crippen molar-refractivity contribution >= 4 is 11.6 Å². The van der Waals surface area contributed by atoms with E-state index in [2.05, 4.69) is 5.32 Å². The monoisotopic (exact) mass is 267 g/mol. The predicted molar refractivity (Wildman–Crippen MR) is 72.0 cm³/mol. The molecule has 1 unspecified atom stereocenters. The quantitative estimate of drug-likeness (QED) is 0.820. The van der Waals surface area contributed by atoms with Crippen LogP contribution in [0.2, 0.25) is 0 Å². The number of nitrogens with zero attached hydrogens (tertiary/aromatic N) is 1. The Morgan fingerprint density at radius 1 is 1.68 bits per heavy atom. The van der Waals surface area contributed by atoms with Gasteiger partial charge in [-0.25, -0.2) is 0 Å². The molecule has 1 saturated heterocycles. The maximum atomic E-state index is 12.2. The van der Waals surface area contributed by atoms with Gasteiger partial charge in [0.2, 0.25) is 0 Å². The highest BCUT2D eigenvalue weighted by Crippen LogP contribution is 2.21. The normalized spacial score (nSPS) is 22.6. The largest absolute Gasteiger partial charge is 0.397 e. The third-order valence-electron chi connectivity index (χ3n) is 3.56. The van der Waals surface area contributed by atoms with Gasteiger partial charge in [0.15, 0.2) is 0 Å². The molecule has 1 aromatic rings. The summed E-state index contributed by atoms with van der Waals surface area (Å²) in [5.74, 6) is -0.137. The number of hydrogen-bond acceptors (Lipinski definition) is 4. The number of ether oxygens (including phenoxy) is 2. The number of amides is 1. The van der Waals surface area contributed by atoms with Crippen LogP contribution in [-0.4, -0.2) is 42.9 Å². The maximum absolute atomic E-state index is 12.2. The van der Waals surface area contributed by atoms with Crippen LogP contribution in [0.15, 0.2) is 12.3 Å². The molecular weight excluding hydrogens is 246 g/mol. The second-order valence-electron chi connectivity index (χ2n) is 4.82. The molecule has 2 heterocycles. The summed E-state index contributed by atoms with van der Waals surface area (Å²) < 4.78 is 12.6. The number of anilines is 1. The van der Waals surface area contributed by atoms with Gasteiger partial charge in [0.1, 0.15) is 11.3 Å². The lowest BCUT2D eigenvalue weighted by Gasteiger charge is -2.25. The van der Waals surface area contributed by atoms with Crippen molar-refractivity contribution in [3.63, 3.8) is 0 Å². The fraction of sp³-hybridized carbons (Fsp3) is 0.615. The number of rotatable bonds is 5. The van der Waals surface area contributed by atoms with Crippen LogP contribution in [-0.2, 0) is 16.0 Å². The van der Waals surface area contributed by atoms with Gasteiger partial charge >= 0.3 is 0 Å². The number of methoxy groups -OCH3 is 1. The van der Waals surface area contributed by atoms with Crippen molar-refractivity contribution < 1.29 is 14.3 Å². The zero-order valence-electron chi connectivity index (χ0n) is 11.4. The molecule has 1 aromatic heterocycles. The highest BCUT2D eigenvalue weighted by molar-refractivity contribution is 5.93. The van der Waals surface area contributed by atoms with Crippen LogP contribution in [0.4, 0.5) is 5.69 Å². The van der Waals surface area contributed by atoms with Crippen LogP contribution in [0.25, 0.3) is 0 Å². The first-order valence-corrected chi connectivity index (χ1v) is 6.47. The van der Waals surface area contributed by atoms with Gasteiger partial charge < -0.3 is 25.1 Å². The van der Waals surface area contributed by atoms with Crippen molar-refractivity contribution in [3.05, 3.63) is 18.0 Å². The second-order valence-corrected chi connectivity index (χ2v) is 4.82. The molecule has 19 heavy (non-hydrogen) atoms. The number of nitrogen functional groups attached to an aromatic ring is 1. The molecule has 3 N–H and O–H groups in total. The molecular formula is C13H21N3O3. The van der Waals surface area contributed by atoms with E-state index >= 15 is 0 Å². The number of aromatic nitrogens is 1. The topological polar surface area (TPSA) is 78.5 Å². The fourth-order valence-corrected chi connectivity index (χ4v) is 2.28. The number of hydrogen-bond donors (Lipinski definition) is 2. The van der Waals surface area contributed by atoms with Gasteiger partial charge in [-0.05, 0) is 13.0 Å². The molecule has 2 rings (SSSR count). The molecule has 6 heteroatoms. The molecule has 0 aliphatic carbocycles. The summed E-state index contributed by atoms with van der Waals surface area (Å²) in [7, 11) is 1.65. The van der Waals surface area contributed by atoms with Crippen molar-refractivity contribution in [1.82, 2.24) is 9.88 Å². The standard InChI is InChI=1S/C13H21N3O3/c1-3-16-7-10(14)6-11(16)12(17)15-8-13(18-2)4-5-19-9-13/h6-7H,3-5,8-9,14H2,1-2H3,(H,15,17). The maximum Gasteiger partial charge on any atom is 0.268 e. The van der Waals surface area contributed by atoms with Gasteiger partial charge in [0, 0.05) is 39.4 Å². The molecule has 0 saturated carbocycles. The van der Waals surface area contributed by atoms with Gasteiger partial charge in [-0.2, -0.15) is 0 Å². The van der Waals surface area contributed by atoms with E-state index in [9.17, 15) is 4.79 Å². The number of aryl methyl sites for hydroxylation is 1. The van der Waals surface area contributed by atoms with E-state index in [0.717, 1.165) is 6.42 Å². The summed E-state index contributed by atoms with van der Waals surface area (Å²) in [5, 5.41) is 2.90. The molecule has 106 valence electrons. The molecule has 1 amide bonds. The summed E-state index contributed by atoms with van der Waals surface area (Å²) in [4.78, 5) is 12.2. The first-order chi connectivity index (χ1) is 9.10. The minimum atomic E-state index is -0.398. The van der Waals surface area contributed by atoms with E-state index < -0.39 is 5.60 Å². The Bertz CT molecular complexity index is 450. The van der Waals surface area contributed by atoms with Crippen molar-refractivity contribution in [3.8, 4) is 0 Å². The van der Waals surface area contributed by atoms with Crippen molar-refractivity contribution in [2.45, 2.75) is 25.5 Å². The summed E-state index contributed by atoms with van der Waals surface area (Å²) in [6, 6.07) is 1.68. The lowest BCUT2D eigenvalue weighted by Crippen LogP contribution is -2.45. The van der Waals surface area contributed by atoms with Gasteiger partial charge in [0.25, 0.3) is 5.91 Å². The second kappa shape index (κ2) is 5.63. The Kier molecular flexibility index (Phi) is 4.11. The minimum Gasteiger partial charge on any atom is -0.397 e. The highest BCUT2D eigenvalue weighted by atomic mass is 16.5. The van der Waals surface area contributed by atoms with Crippen LogP contribution in [0, 0.1) is 0 Å². The average molecular weight is 267 g/mol. The van der Waals surface area contributed by atoms with Gasteiger partial charge in [-0.1, -0.05) is 0 Å². The molecule has 0 aromatic carbocycles. The van der Waals surface area contributed by atoms with E-state index in [1.54, 1.807) is 19.4 Å². The minimum absolute atomic E-state index is 0.137. The van der Waals surface area contributed by atoms with Crippen LogP contribution in [0.5, 0.6) is 0 Å². The zero-order valence-corrected chi connectivity index (χ0v) is 11.4. The van der Waals surface area contributed by atoms with E-state index in [-0.39, 0.29) is 5.91 Å². The number of nitrogens with two attached hydrogens (primary N) is 1. The van der Waals surface area contributed by atoms with Crippen LogP contribution in [0.1, 0.15) is 23.8 Å². The molecule has 1 atom stereocenters. The Morgan fingerprint density at radius 2 is 2.47 bits per heavy atom. The molecule has 0 spiro atoms. The predicted octanol–water partition coefficient (Wildman–Crippen LogP) is 0.625. The van der Waals surface area contributed by atoms with Crippen molar-refractivity contribution in [2.75, 3.05) is 32.6 Å². The lowest BCUT2D eigenvalue weighted by atomic mass is 10.0. The van der Waals surface area contributed by atoms with Crippen LogP contribution in [0.3, 0.4) is 0 Å². The lowest BCUT2D eigenvalue weighted by molar-refractivity contribution is -0.0149. The smallest absolute Gasteiger partial charge is 0.268 e. The molecule has 1 aliphatic heterocycles. The Morgan fingerprint density at radius 3 is 3.05 bits per heavy atom. The molecule has 0 bridgehead atoms. The molecule has 1 aliphatic rings. The fourth-order valence-electron chi connectivity index (χ4n) is 2.28. The number of carbonyl (C=O) groups is 1. The zero-order chi connectivity index (χ0) is 13.9. The Balaban J connectivity index is 2.01. The Hall–Kier alpha value is -1.53. The molecule has 1 fully saturated rings. The summed E-state index contributed by atoms with van der Waals surface area (Å²) >= 11 is 0. The third kappa shape index (κ3) is 2.90. The molecule has 6 nitrogen and oxygen atoms in total. The SMILES string of the molecule is CCn1cc(N)cc1C(=O)NCC1(OC)CCOC1. The number of carbonyl (C=O) groups excluding carboxylic acids is 1. The van der Waals surface area contributed by atoms with E-state index in [1.165, 1.54) is 0 Å². The van der Waals surface area contributed by atoms with Crippen molar-refractivity contribution in [1.29, 1.82) is 0 Å². The highest BCUT2D eigenvalue weighted by Gasteiger charge is 2.35. The van der Waals surface area contributed by atoms with E-state index in [0.29, 0.717) is 37.7 Å².